The molecular formula is C17H18BrN3O3S. The predicted octanol–water partition coefficient (Wildman–Crippen LogP) is 3.04. The van der Waals surface area contributed by atoms with Crippen LogP contribution in [0.15, 0.2) is 34.2 Å². The van der Waals surface area contributed by atoms with E-state index in [4.69, 9.17) is 4.74 Å². The van der Waals surface area contributed by atoms with Crippen LogP contribution < -0.4 is 4.90 Å². The highest BCUT2D eigenvalue weighted by Crippen LogP contribution is 2.24. The normalized spacial score (nSPS) is 14.5. The number of halogens is 1. The van der Waals surface area contributed by atoms with E-state index in [1.807, 2.05) is 23.1 Å². The fraction of sp³-hybridized carbons (Fsp3) is 0.353. The summed E-state index contributed by atoms with van der Waals surface area (Å²) in [7, 11) is 0. The average Bonchev–Trinajstić information content (AvgIpc) is 3.08. The van der Waals surface area contributed by atoms with Crippen molar-refractivity contribution in [1.82, 2.24) is 9.88 Å². The molecular weight excluding hydrogens is 406 g/mol. The number of thiophene rings is 1. The third kappa shape index (κ3) is 4.19. The highest BCUT2D eigenvalue weighted by Gasteiger charge is 2.24. The van der Waals surface area contributed by atoms with Gasteiger partial charge < -0.3 is 14.5 Å². The number of anilines is 1. The van der Waals surface area contributed by atoms with Gasteiger partial charge in [-0.2, -0.15) is 0 Å². The second-order valence-electron chi connectivity index (χ2n) is 5.51. The molecule has 1 fully saturated rings. The van der Waals surface area contributed by atoms with Gasteiger partial charge in [-0.05, 0) is 47.1 Å². The summed E-state index contributed by atoms with van der Waals surface area (Å²) >= 11 is 4.84. The first-order valence-electron chi connectivity index (χ1n) is 8.01. The lowest BCUT2D eigenvalue weighted by atomic mass is 10.2. The molecule has 1 aliphatic rings. The SMILES string of the molecule is CCOC(=O)c1ccc(N2CCN(C(=O)c3ccc(Br)s3)CC2)nc1. The minimum Gasteiger partial charge on any atom is -0.462 e. The van der Waals surface area contributed by atoms with Gasteiger partial charge in [-0.15, -0.1) is 11.3 Å². The summed E-state index contributed by atoms with van der Waals surface area (Å²) in [5.74, 6) is 0.513. The van der Waals surface area contributed by atoms with Crippen LogP contribution in [0.3, 0.4) is 0 Å². The van der Waals surface area contributed by atoms with E-state index in [0.29, 0.717) is 38.3 Å². The van der Waals surface area contributed by atoms with E-state index in [-0.39, 0.29) is 11.9 Å². The maximum Gasteiger partial charge on any atom is 0.339 e. The smallest absolute Gasteiger partial charge is 0.339 e. The van der Waals surface area contributed by atoms with Gasteiger partial charge >= 0.3 is 5.97 Å². The Bertz CT molecular complexity index is 755. The number of carbonyl (C=O) groups excluding carboxylic acids is 2. The van der Waals surface area contributed by atoms with E-state index in [2.05, 4.69) is 25.8 Å². The number of aromatic nitrogens is 1. The highest BCUT2D eigenvalue weighted by molar-refractivity contribution is 9.11. The fourth-order valence-corrected chi connectivity index (χ4v) is 3.99. The van der Waals surface area contributed by atoms with Crippen molar-refractivity contribution < 1.29 is 14.3 Å². The van der Waals surface area contributed by atoms with Crippen molar-refractivity contribution in [2.45, 2.75) is 6.92 Å². The first-order valence-corrected chi connectivity index (χ1v) is 9.62. The van der Waals surface area contributed by atoms with Crippen LogP contribution >= 0.6 is 27.3 Å². The van der Waals surface area contributed by atoms with E-state index in [0.717, 1.165) is 14.5 Å². The molecule has 1 aliphatic heterocycles. The standard InChI is InChI=1S/C17H18BrN3O3S/c1-2-24-17(23)12-3-6-15(19-11-12)20-7-9-21(10-8-20)16(22)13-4-5-14(18)25-13/h3-6,11H,2,7-10H2,1H3. The number of pyridine rings is 1. The number of esters is 1. The Morgan fingerprint density at radius 1 is 1.20 bits per heavy atom. The van der Waals surface area contributed by atoms with Gasteiger partial charge in [-0.25, -0.2) is 9.78 Å². The van der Waals surface area contributed by atoms with Crippen LogP contribution in [0.4, 0.5) is 5.82 Å². The number of piperazine rings is 1. The van der Waals surface area contributed by atoms with Gasteiger partial charge in [0, 0.05) is 32.4 Å². The number of rotatable bonds is 4. The van der Waals surface area contributed by atoms with E-state index < -0.39 is 0 Å². The average molecular weight is 424 g/mol. The zero-order chi connectivity index (χ0) is 17.8. The van der Waals surface area contributed by atoms with Crippen molar-refractivity contribution in [3.8, 4) is 0 Å². The van der Waals surface area contributed by atoms with Gasteiger partial charge in [0.2, 0.25) is 0 Å². The second-order valence-corrected chi connectivity index (χ2v) is 7.97. The summed E-state index contributed by atoms with van der Waals surface area (Å²) in [4.78, 5) is 33.2. The predicted molar refractivity (Wildman–Crippen MR) is 100 cm³/mol. The molecule has 0 aliphatic carbocycles. The summed E-state index contributed by atoms with van der Waals surface area (Å²) < 4.78 is 5.92. The van der Waals surface area contributed by atoms with Crippen LogP contribution in [-0.2, 0) is 4.74 Å². The molecule has 1 amide bonds. The number of hydrogen-bond acceptors (Lipinski definition) is 6. The summed E-state index contributed by atoms with van der Waals surface area (Å²) in [5, 5.41) is 0. The van der Waals surface area contributed by atoms with Gasteiger partial charge in [-0.1, -0.05) is 0 Å². The molecule has 1 saturated heterocycles. The maximum absolute atomic E-state index is 12.5. The van der Waals surface area contributed by atoms with Crippen molar-refractivity contribution >= 4 is 45.0 Å². The molecule has 0 N–H and O–H groups in total. The molecule has 0 aromatic carbocycles. The maximum atomic E-state index is 12.5. The molecule has 2 aromatic rings. The quantitative estimate of drug-likeness (QED) is 0.707. The summed E-state index contributed by atoms with van der Waals surface area (Å²) in [6, 6.07) is 7.28. The van der Waals surface area contributed by atoms with Gasteiger partial charge in [0.05, 0.1) is 20.8 Å². The Labute approximate surface area is 158 Å². The van der Waals surface area contributed by atoms with Crippen LogP contribution in [0.1, 0.15) is 27.0 Å². The van der Waals surface area contributed by atoms with Crippen molar-refractivity contribution in [3.63, 3.8) is 0 Å². The zero-order valence-electron chi connectivity index (χ0n) is 13.8. The lowest BCUT2D eigenvalue weighted by Gasteiger charge is -2.35. The minimum atomic E-state index is -0.362. The minimum absolute atomic E-state index is 0.0703. The summed E-state index contributed by atoms with van der Waals surface area (Å²) in [6.45, 7) is 4.84. The Hall–Kier alpha value is -1.93. The molecule has 0 spiro atoms. The van der Waals surface area contributed by atoms with Crippen LogP contribution in [0, 0.1) is 0 Å². The molecule has 0 bridgehead atoms. The molecule has 8 heteroatoms. The number of amides is 1. The van der Waals surface area contributed by atoms with E-state index in [1.54, 1.807) is 13.0 Å². The molecule has 3 heterocycles. The van der Waals surface area contributed by atoms with Gasteiger partial charge in [0.1, 0.15) is 5.82 Å². The van der Waals surface area contributed by atoms with E-state index in [9.17, 15) is 9.59 Å². The molecule has 0 saturated carbocycles. The molecule has 0 radical (unpaired) electrons. The highest BCUT2D eigenvalue weighted by atomic mass is 79.9. The Morgan fingerprint density at radius 2 is 1.96 bits per heavy atom. The van der Waals surface area contributed by atoms with Crippen molar-refractivity contribution in [3.05, 3.63) is 44.7 Å². The molecule has 132 valence electrons. The molecule has 6 nitrogen and oxygen atoms in total. The third-order valence-electron chi connectivity index (χ3n) is 3.93. The molecule has 0 atom stereocenters. The Morgan fingerprint density at radius 3 is 2.52 bits per heavy atom. The molecule has 0 unspecified atom stereocenters. The molecule has 2 aromatic heterocycles. The Kier molecular flexibility index (Phi) is 5.70. The van der Waals surface area contributed by atoms with Crippen LogP contribution in [-0.4, -0.2) is 54.5 Å². The molecule has 3 rings (SSSR count). The van der Waals surface area contributed by atoms with Crippen LogP contribution in [0.2, 0.25) is 0 Å². The number of carbonyl (C=O) groups is 2. The summed E-state index contributed by atoms with van der Waals surface area (Å²) in [6.07, 6.45) is 1.54. The first kappa shape index (κ1) is 17.9. The lowest BCUT2D eigenvalue weighted by molar-refractivity contribution is 0.0525. The monoisotopic (exact) mass is 423 g/mol. The van der Waals surface area contributed by atoms with Crippen LogP contribution in [0.5, 0.6) is 0 Å². The Balaban J connectivity index is 1.58. The number of ether oxygens (including phenoxy) is 1. The largest absolute Gasteiger partial charge is 0.462 e. The van der Waals surface area contributed by atoms with Gasteiger partial charge in [0.15, 0.2) is 0 Å². The molecule has 25 heavy (non-hydrogen) atoms. The lowest BCUT2D eigenvalue weighted by Crippen LogP contribution is -2.48. The van der Waals surface area contributed by atoms with Gasteiger partial charge in [-0.3, -0.25) is 4.79 Å². The first-order chi connectivity index (χ1) is 12.1. The van der Waals surface area contributed by atoms with Gasteiger partial charge in [0.25, 0.3) is 5.91 Å². The van der Waals surface area contributed by atoms with Crippen molar-refractivity contribution in [2.24, 2.45) is 0 Å². The van der Waals surface area contributed by atoms with E-state index in [1.165, 1.54) is 17.5 Å². The number of nitrogens with zero attached hydrogens (tertiary/aromatic N) is 3. The number of hydrogen-bond donors (Lipinski definition) is 0. The zero-order valence-corrected chi connectivity index (χ0v) is 16.2. The fourth-order valence-electron chi connectivity index (χ4n) is 2.63. The third-order valence-corrected chi connectivity index (χ3v) is 5.55. The second kappa shape index (κ2) is 7.97. The summed E-state index contributed by atoms with van der Waals surface area (Å²) in [5.41, 5.74) is 0.447. The van der Waals surface area contributed by atoms with E-state index >= 15 is 0 Å². The topological polar surface area (TPSA) is 62.7 Å². The van der Waals surface area contributed by atoms with Crippen molar-refractivity contribution in [2.75, 3.05) is 37.7 Å². The van der Waals surface area contributed by atoms with Crippen LogP contribution in [0.25, 0.3) is 0 Å². The van der Waals surface area contributed by atoms with Crippen molar-refractivity contribution in [1.29, 1.82) is 0 Å².